The smallest absolute Gasteiger partial charge is 0.242 e. The van der Waals surface area contributed by atoms with Crippen molar-refractivity contribution in [1.82, 2.24) is 4.31 Å². The van der Waals surface area contributed by atoms with Crippen molar-refractivity contribution in [2.24, 2.45) is 0 Å². The van der Waals surface area contributed by atoms with E-state index in [2.05, 4.69) is 5.32 Å². The first kappa shape index (κ1) is 20.2. The maximum absolute atomic E-state index is 12.6. The molecule has 0 spiro atoms. The third-order valence-corrected chi connectivity index (χ3v) is 5.89. The van der Waals surface area contributed by atoms with Crippen molar-refractivity contribution in [2.75, 3.05) is 25.2 Å². The average molecular weight is 404 g/mol. The Morgan fingerprint density at radius 2 is 1.75 bits per heavy atom. The van der Waals surface area contributed by atoms with Gasteiger partial charge in [-0.25, -0.2) is 8.42 Å². The molecule has 1 heterocycles. The third kappa shape index (κ3) is 4.82. The van der Waals surface area contributed by atoms with Crippen LogP contribution in [-0.2, 0) is 14.8 Å². The van der Waals surface area contributed by atoms with Crippen molar-refractivity contribution in [3.05, 3.63) is 48.5 Å². The van der Waals surface area contributed by atoms with Crippen molar-refractivity contribution >= 4 is 21.6 Å². The molecule has 28 heavy (non-hydrogen) atoms. The summed E-state index contributed by atoms with van der Waals surface area (Å²) in [4.78, 5) is 12.6. The summed E-state index contributed by atoms with van der Waals surface area (Å²) in [6.07, 6.45) is 3.26. The number of sulfonamides is 1. The molecule has 1 aliphatic rings. The van der Waals surface area contributed by atoms with Crippen LogP contribution in [-0.4, -0.2) is 44.6 Å². The Balaban J connectivity index is 1.67. The standard InChI is InChI=1S/C20H24N2O5S/c1-26-18-8-3-4-9-19(18)27-16-12-10-15(11-13-16)21-20(23)17-7-5-6-14-22(17)28(2,24)25/h3-4,8-13,17H,5-7,14H2,1-2H3,(H,21,23)/t17-/m0/s1. The van der Waals surface area contributed by atoms with E-state index in [4.69, 9.17) is 9.47 Å². The van der Waals surface area contributed by atoms with Crippen LogP contribution in [0.3, 0.4) is 0 Å². The number of ether oxygens (including phenoxy) is 2. The summed E-state index contributed by atoms with van der Waals surface area (Å²) in [5.41, 5.74) is 0.580. The van der Waals surface area contributed by atoms with Gasteiger partial charge in [-0.3, -0.25) is 4.79 Å². The molecule has 0 aromatic heterocycles. The molecule has 1 amide bonds. The fraction of sp³-hybridized carbons (Fsp3) is 0.350. The molecule has 8 heteroatoms. The number of anilines is 1. The predicted molar refractivity (Wildman–Crippen MR) is 107 cm³/mol. The van der Waals surface area contributed by atoms with E-state index in [0.717, 1.165) is 19.1 Å². The van der Waals surface area contributed by atoms with Crippen molar-refractivity contribution in [3.8, 4) is 17.2 Å². The minimum Gasteiger partial charge on any atom is -0.493 e. The van der Waals surface area contributed by atoms with Gasteiger partial charge in [-0.1, -0.05) is 18.6 Å². The molecule has 0 unspecified atom stereocenters. The predicted octanol–water partition coefficient (Wildman–Crippen LogP) is 3.24. The number of hydrogen-bond donors (Lipinski definition) is 1. The first-order chi connectivity index (χ1) is 13.4. The molecular weight excluding hydrogens is 380 g/mol. The monoisotopic (exact) mass is 404 g/mol. The maximum atomic E-state index is 12.6. The van der Waals surface area contributed by atoms with Crippen LogP contribution < -0.4 is 14.8 Å². The van der Waals surface area contributed by atoms with Crippen LogP contribution in [0.2, 0.25) is 0 Å². The number of amides is 1. The lowest BCUT2D eigenvalue weighted by molar-refractivity contribution is -0.120. The number of methoxy groups -OCH3 is 1. The van der Waals surface area contributed by atoms with Crippen molar-refractivity contribution in [2.45, 2.75) is 25.3 Å². The van der Waals surface area contributed by atoms with Crippen molar-refractivity contribution in [3.63, 3.8) is 0 Å². The Morgan fingerprint density at radius 1 is 1.07 bits per heavy atom. The molecule has 1 aliphatic heterocycles. The topological polar surface area (TPSA) is 84.9 Å². The molecule has 1 fully saturated rings. The van der Waals surface area contributed by atoms with Crippen LogP contribution in [0, 0.1) is 0 Å². The Kier molecular flexibility index (Phi) is 6.21. The van der Waals surface area contributed by atoms with E-state index in [1.54, 1.807) is 37.4 Å². The number of nitrogens with one attached hydrogen (secondary N) is 1. The van der Waals surface area contributed by atoms with E-state index >= 15 is 0 Å². The van der Waals surface area contributed by atoms with Gasteiger partial charge in [0, 0.05) is 12.2 Å². The highest BCUT2D eigenvalue weighted by Crippen LogP contribution is 2.31. The summed E-state index contributed by atoms with van der Waals surface area (Å²) in [5, 5.41) is 2.80. The van der Waals surface area contributed by atoms with Gasteiger partial charge >= 0.3 is 0 Å². The normalized spacial score (nSPS) is 17.7. The van der Waals surface area contributed by atoms with Crippen molar-refractivity contribution < 1.29 is 22.7 Å². The number of piperidine rings is 1. The van der Waals surface area contributed by atoms with Gasteiger partial charge in [0.1, 0.15) is 11.8 Å². The van der Waals surface area contributed by atoms with Gasteiger partial charge in [-0.05, 0) is 49.2 Å². The van der Waals surface area contributed by atoms with Crippen LogP contribution in [0.15, 0.2) is 48.5 Å². The van der Waals surface area contributed by atoms with Crippen LogP contribution in [0.1, 0.15) is 19.3 Å². The molecule has 7 nitrogen and oxygen atoms in total. The second-order valence-electron chi connectivity index (χ2n) is 6.65. The molecule has 150 valence electrons. The quantitative estimate of drug-likeness (QED) is 0.799. The lowest BCUT2D eigenvalue weighted by Gasteiger charge is -2.32. The average Bonchev–Trinajstić information content (AvgIpc) is 2.69. The number of benzene rings is 2. The second kappa shape index (κ2) is 8.62. The van der Waals surface area contributed by atoms with Crippen LogP contribution in [0.25, 0.3) is 0 Å². The zero-order valence-corrected chi connectivity index (χ0v) is 16.7. The molecule has 2 aromatic carbocycles. The van der Waals surface area contributed by atoms with Gasteiger partial charge in [0.05, 0.1) is 13.4 Å². The second-order valence-corrected chi connectivity index (χ2v) is 8.59. The summed E-state index contributed by atoms with van der Waals surface area (Å²) >= 11 is 0. The molecular formula is C20H24N2O5S. The van der Waals surface area contributed by atoms with Gasteiger partial charge in [0.2, 0.25) is 15.9 Å². The molecule has 0 bridgehead atoms. The Bertz CT molecular complexity index is 928. The first-order valence-corrected chi connectivity index (χ1v) is 10.9. The van der Waals surface area contributed by atoms with Crippen LogP contribution in [0.4, 0.5) is 5.69 Å². The molecule has 3 rings (SSSR count). The zero-order valence-electron chi connectivity index (χ0n) is 15.9. The molecule has 1 saturated heterocycles. The number of para-hydroxylation sites is 2. The molecule has 0 saturated carbocycles. The Hall–Kier alpha value is -2.58. The molecule has 2 aromatic rings. The third-order valence-electron chi connectivity index (χ3n) is 4.60. The minimum absolute atomic E-state index is 0.316. The number of nitrogens with zero attached hydrogens (tertiary/aromatic N) is 1. The summed E-state index contributed by atoms with van der Waals surface area (Å²) in [7, 11) is -1.84. The van der Waals surface area contributed by atoms with Gasteiger partial charge in [0.15, 0.2) is 11.5 Å². The Morgan fingerprint density at radius 3 is 2.39 bits per heavy atom. The summed E-state index contributed by atoms with van der Waals surface area (Å²) in [5.74, 6) is 1.49. The van der Waals surface area contributed by atoms with Gasteiger partial charge in [0.25, 0.3) is 0 Å². The largest absolute Gasteiger partial charge is 0.493 e. The van der Waals surface area contributed by atoms with Crippen LogP contribution in [0.5, 0.6) is 17.2 Å². The summed E-state index contributed by atoms with van der Waals surface area (Å²) in [6, 6.07) is 13.5. The molecule has 0 aliphatic carbocycles. The lowest BCUT2D eigenvalue weighted by Crippen LogP contribution is -2.49. The lowest BCUT2D eigenvalue weighted by atomic mass is 10.0. The molecule has 0 radical (unpaired) electrons. The summed E-state index contributed by atoms with van der Waals surface area (Å²) in [6.45, 7) is 0.378. The molecule has 1 atom stereocenters. The minimum atomic E-state index is -3.42. The Labute approximate surface area is 165 Å². The highest BCUT2D eigenvalue weighted by molar-refractivity contribution is 7.88. The fourth-order valence-electron chi connectivity index (χ4n) is 3.23. The fourth-order valence-corrected chi connectivity index (χ4v) is 4.35. The van der Waals surface area contributed by atoms with E-state index < -0.39 is 16.1 Å². The van der Waals surface area contributed by atoms with Crippen molar-refractivity contribution in [1.29, 1.82) is 0 Å². The zero-order chi connectivity index (χ0) is 20.1. The number of carbonyl (C=O) groups excluding carboxylic acids is 1. The SMILES string of the molecule is COc1ccccc1Oc1ccc(NC(=O)[C@@H]2CCCCN2S(C)(=O)=O)cc1. The van der Waals surface area contributed by atoms with Gasteiger partial charge in [-0.2, -0.15) is 4.31 Å². The van der Waals surface area contributed by atoms with E-state index in [1.165, 1.54) is 4.31 Å². The van der Waals surface area contributed by atoms with Gasteiger partial charge in [-0.15, -0.1) is 0 Å². The maximum Gasteiger partial charge on any atom is 0.242 e. The number of carbonyl (C=O) groups is 1. The van der Waals surface area contributed by atoms with Gasteiger partial charge < -0.3 is 14.8 Å². The number of rotatable bonds is 6. The van der Waals surface area contributed by atoms with E-state index in [9.17, 15) is 13.2 Å². The first-order valence-electron chi connectivity index (χ1n) is 9.07. The number of hydrogen-bond acceptors (Lipinski definition) is 5. The van der Waals surface area contributed by atoms with E-state index in [0.29, 0.717) is 35.9 Å². The highest BCUT2D eigenvalue weighted by atomic mass is 32.2. The van der Waals surface area contributed by atoms with E-state index in [1.807, 2.05) is 18.2 Å². The molecule has 1 N–H and O–H groups in total. The van der Waals surface area contributed by atoms with E-state index in [-0.39, 0.29) is 5.91 Å². The highest BCUT2D eigenvalue weighted by Gasteiger charge is 2.34. The van der Waals surface area contributed by atoms with Crippen LogP contribution >= 0.6 is 0 Å². The summed E-state index contributed by atoms with van der Waals surface area (Å²) < 4.78 is 36.2.